The quantitative estimate of drug-likeness (QED) is 0.140. The number of carbonyl (C=O) groups excluding carboxylic acids is 2. The van der Waals surface area contributed by atoms with Gasteiger partial charge in [0.25, 0.3) is 5.69 Å². The first-order chi connectivity index (χ1) is 18.0. The van der Waals surface area contributed by atoms with Crippen LogP contribution < -0.4 is 4.90 Å². The molecule has 1 unspecified atom stereocenters. The van der Waals surface area contributed by atoms with Gasteiger partial charge in [0.2, 0.25) is 5.78 Å². The Hall–Kier alpha value is -4.46. The Morgan fingerprint density at radius 2 is 1.62 bits per heavy atom. The van der Waals surface area contributed by atoms with Crippen LogP contribution in [-0.4, -0.2) is 34.7 Å². The van der Waals surface area contributed by atoms with E-state index in [0.29, 0.717) is 16.8 Å². The van der Waals surface area contributed by atoms with Crippen LogP contribution in [0.5, 0.6) is 0 Å². The van der Waals surface area contributed by atoms with Crippen LogP contribution in [0, 0.1) is 10.1 Å². The zero-order chi connectivity index (χ0) is 25.8. The highest BCUT2D eigenvalue weighted by atomic mass is 16.6. The number of Topliss-reactive ketones (excluding diaryl/α,β-unsaturated/α-hetero) is 1. The number of anilines is 1. The van der Waals surface area contributed by atoms with Crippen molar-refractivity contribution in [2.45, 2.75) is 31.8 Å². The number of nitrogens with zero attached hydrogens (tertiary/aromatic N) is 2. The van der Waals surface area contributed by atoms with Gasteiger partial charge in [-0.2, -0.15) is 0 Å². The first kappa shape index (κ1) is 24.2. The lowest BCUT2D eigenvalue weighted by atomic mass is 9.99. The second-order valence-corrected chi connectivity index (χ2v) is 9.17. The summed E-state index contributed by atoms with van der Waals surface area (Å²) in [7, 11) is 0. The minimum Gasteiger partial charge on any atom is -0.445 e. The molecule has 1 aromatic heterocycles. The normalized spacial score (nSPS) is 14.6. The first-order valence-electron chi connectivity index (χ1n) is 12.4. The van der Waals surface area contributed by atoms with E-state index in [1.54, 1.807) is 36.5 Å². The summed E-state index contributed by atoms with van der Waals surface area (Å²) >= 11 is 0. The number of ketones is 1. The summed E-state index contributed by atoms with van der Waals surface area (Å²) in [5.41, 5.74) is 2.09. The predicted molar refractivity (Wildman–Crippen MR) is 141 cm³/mol. The van der Waals surface area contributed by atoms with Crippen molar-refractivity contribution in [3.63, 3.8) is 0 Å². The Bertz CT molecular complexity index is 1440. The van der Waals surface area contributed by atoms with Gasteiger partial charge in [0, 0.05) is 47.4 Å². The summed E-state index contributed by atoms with van der Waals surface area (Å²) in [6.07, 6.45) is 4.53. The lowest BCUT2D eigenvalue weighted by Crippen LogP contribution is -2.25. The molecule has 0 amide bonds. The molecular formula is C29H27N3O5. The van der Waals surface area contributed by atoms with Gasteiger partial charge in [-0.1, -0.05) is 61.4 Å². The molecule has 0 spiro atoms. The Balaban J connectivity index is 1.46. The maximum absolute atomic E-state index is 13.6. The molecule has 1 atom stereocenters. The molecule has 1 N–H and O–H groups in total. The first-order valence-corrected chi connectivity index (χ1v) is 12.4. The smallest absolute Gasteiger partial charge is 0.339 e. The van der Waals surface area contributed by atoms with E-state index in [1.807, 2.05) is 35.2 Å². The molecule has 2 heterocycles. The summed E-state index contributed by atoms with van der Waals surface area (Å²) in [4.78, 5) is 43.5. The molecule has 4 aromatic rings. The number of nitrogens with one attached hydrogen (secondary N) is 1. The van der Waals surface area contributed by atoms with Gasteiger partial charge in [-0.3, -0.25) is 14.9 Å². The molecule has 1 fully saturated rings. The largest absolute Gasteiger partial charge is 0.445 e. The average Bonchev–Trinajstić information content (AvgIpc) is 3.17. The topological polar surface area (TPSA) is 106 Å². The van der Waals surface area contributed by atoms with Crippen LogP contribution in [-0.2, 0) is 4.74 Å². The molecule has 5 rings (SSSR count). The molecule has 1 aliphatic heterocycles. The SMILES string of the molecule is O=C(OC(C(=O)c1c[nH]c2ccccc12)c1ccccc1)c1ccc(N2CCCCCC2)c([N+](=O)[O-])c1. The van der Waals surface area contributed by atoms with Gasteiger partial charge >= 0.3 is 5.97 Å². The van der Waals surface area contributed by atoms with Gasteiger partial charge in [-0.05, 0) is 31.0 Å². The maximum atomic E-state index is 13.6. The van der Waals surface area contributed by atoms with E-state index >= 15 is 0 Å². The number of esters is 1. The minimum atomic E-state index is -1.21. The number of hydrogen-bond acceptors (Lipinski definition) is 6. The molecule has 1 aliphatic rings. The Kier molecular flexibility index (Phi) is 6.98. The predicted octanol–water partition coefficient (Wildman–Crippen LogP) is 6.24. The lowest BCUT2D eigenvalue weighted by Gasteiger charge is -2.22. The van der Waals surface area contributed by atoms with E-state index in [4.69, 9.17) is 4.74 Å². The van der Waals surface area contributed by atoms with Crippen molar-refractivity contribution in [1.82, 2.24) is 4.98 Å². The van der Waals surface area contributed by atoms with Crippen molar-refractivity contribution in [1.29, 1.82) is 0 Å². The number of aromatic nitrogens is 1. The highest BCUT2D eigenvalue weighted by molar-refractivity contribution is 6.11. The van der Waals surface area contributed by atoms with Crippen molar-refractivity contribution < 1.29 is 19.2 Å². The van der Waals surface area contributed by atoms with E-state index in [-0.39, 0.29) is 17.0 Å². The Labute approximate surface area is 214 Å². The third-order valence-corrected chi connectivity index (χ3v) is 6.77. The number of carbonyl (C=O) groups is 2. The van der Waals surface area contributed by atoms with Gasteiger partial charge in [0.05, 0.1) is 10.5 Å². The second kappa shape index (κ2) is 10.7. The molecule has 37 heavy (non-hydrogen) atoms. The van der Waals surface area contributed by atoms with Crippen LogP contribution in [0.15, 0.2) is 79.0 Å². The molecule has 8 heteroatoms. The summed E-state index contributed by atoms with van der Waals surface area (Å²) in [6.45, 7) is 1.47. The molecule has 0 bridgehead atoms. The number of nitro groups is 1. The minimum absolute atomic E-state index is 0.0259. The summed E-state index contributed by atoms with van der Waals surface area (Å²) in [6, 6.07) is 20.6. The van der Waals surface area contributed by atoms with Gasteiger partial charge in [0.15, 0.2) is 6.10 Å². The monoisotopic (exact) mass is 497 g/mol. The van der Waals surface area contributed by atoms with Gasteiger partial charge < -0.3 is 14.6 Å². The maximum Gasteiger partial charge on any atom is 0.339 e. The van der Waals surface area contributed by atoms with Gasteiger partial charge in [-0.25, -0.2) is 4.79 Å². The highest BCUT2D eigenvalue weighted by Crippen LogP contribution is 2.33. The van der Waals surface area contributed by atoms with E-state index < -0.39 is 17.0 Å². The van der Waals surface area contributed by atoms with E-state index in [9.17, 15) is 19.7 Å². The summed E-state index contributed by atoms with van der Waals surface area (Å²) < 4.78 is 5.76. The number of rotatable bonds is 7. The second-order valence-electron chi connectivity index (χ2n) is 9.17. The van der Waals surface area contributed by atoms with Gasteiger partial charge in [-0.15, -0.1) is 0 Å². The van der Waals surface area contributed by atoms with Crippen molar-refractivity contribution >= 4 is 34.0 Å². The number of fused-ring (bicyclic) bond motifs is 1. The number of benzene rings is 3. The molecule has 3 aromatic carbocycles. The summed E-state index contributed by atoms with van der Waals surface area (Å²) in [5, 5.41) is 12.7. The average molecular weight is 498 g/mol. The van der Waals surface area contributed by atoms with Crippen LogP contribution >= 0.6 is 0 Å². The third kappa shape index (κ3) is 5.09. The van der Waals surface area contributed by atoms with Crippen molar-refractivity contribution in [3.05, 3.63) is 106 Å². The number of H-pyrrole nitrogens is 1. The van der Waals surface area contributed by atoms with E-state index in [0.717, 1.165) is 49.7 Å². The number of nitro benzene ring substituents is 1. The number of ether oxygens (including phenoxy) is 1. The van der Waals surface area contributed by atoms with Crippen molar-refractivity contribution in [2.24, 2.45) is 0 Å². The fourth-order valence-corrected chi connectivity index (χ4v) is 4.87. The highest BCUT2D eigenvalue weighted by Gasteiger charge is 2.30. The Morgan fingerprint density at radius 3 is 2.35 bits per heavy atom. The molecule has 0 saturated carbocycles. The van der Waals surface area contributed by atoms with Crippen LogP contribution in [0.2, 0.25) is 0 Å². The lowest BCUT2D eigenvalue weighted by molar-refractivity contribution is -0.384. The molecule has 8 nitrogen and oxygen atoms in total. The molecular weight excluding hydrogens is 470 g/mol. The molecule has 188 valence electrons. The third-order valence-electron chi connectivity index (χ3n) is 6.77. The zero-order valence-electron chi connectivity index (χ0n) is 20.3. The summed E-state index contributed by atoms with van der Waals surface area (Å²) in [5.74, 6) is -1.18. The van der Waals surface area contributed by atoms with Crippen molar-refractivity contribution in [2.75, 3.05) is 18.0 Å². The number of aromatic amines is 1. The van der Waals surface area contributed by atoms with E-state index in [1.165, 1.54) is 12.1 Å². The molecule has 0 aliphatic carbocycles. The standard InChI is InChI=1S/C29H27N3O5/c33-27(23-19-30-24-13-7-6-12-22(23)24)28(20-10-4-3-5-11-20)37-29(34)21-14-15-25(26(18-21)32(35)36)31-16-8-1-2-9-17-31/h3-7,10-15,18-19,28,30H,1-2,8-9,16-17H2. The number of hydrogen-bond donors (Lipinski definition) is 1. The van der Waals surface area contributed by atoms with Crippen LogP contribution in [0.1, 0.15) is 58.1 Å². The van der Waals surface area contributed by atoms with Gasteiger partial charge in [0.1, 0.15) is 5.69 Å². The van der Waals surface area contributed by atoms with Crippen LogP contribution in [0.3, 0.4) is 0 Å². The Morgan fingerprint density at radius 1 is 0.919 bits per heavy atom. The van der Waals surface area contributed by atoms with Crippen molar-refractivity contribution in [3.8, 4) is 0 Å². The fraction of sp³-hybridized carbons (Fsp3) is 0.241. The zero-order valence-corrected chi connectivity index (χ0v) is 20.3. The molecule has 0 radical (unpaired) electrons. The van der Waals surface area contributed by atoms with E-state index in [2.05, 4.69) is 4.98 Å². The fourth-order valence-electron chi connectivity index (χ4n) is 4.87. The molecule has 1 saturated heterocycles. The van der Waals surface area contributed by atoms with Crippen LogP contribution in [0.4, 0.5) is 11.4 Å². The van der Waals surface area contributed by atoms with Crippen LogP contribution in [0.25, 0.3) is 10.9 Å². The number of para-hydroxylation sites is 1.